The molecule has 1 saturated heterocycles. The number of hydrogen-bond acceptors (Lipinski definition) is 6. The van der Waals surface area contributed by atoms with Crippen LogP contribution in [0.3, 0.4) is 0 Å². The minimum Gasteiger partial charge on any atom is -0.493 e. The van der Waals surface area contributed by atoms with Crippen molar-refractivity contribution in [2.45, 2.75) is 56.3 Å². The van der Waals surface area contributed by atoms with Gasteiger partial charge in [-0.2, -0.15) is 0 Å². The zero-order chi connectivity index (χ0) is 26.9. The number of carbonyl (C=O) groups is 3. The van der Waals surface area contributed by atoms with Crippen molar-refractivity contribution in [3.8, 4) is 11.5 Å². The van der Waals surface area contributed by atoms with Gasteiger partial charge >= 0.3 is 0 Å². The van der Waals surface area contributed by atoms with Crippen molar-refractivity contribution < 1.29 is 23.9 Å². The third-order valence-corrected chi connectivity index (χ3v) is 8.49. The number of carbonyl (C=O) groups excluding carboxylic acids is 3. The van der Waals surface area contributed by atoms with Crippen molar-refractivity contribution >= 4 is 29.5 Å². The second kappa shape index (κ2) is 10.7. The number of thioether (sulfide) groups is 1. The molecule has 0 radical (unpaired) electrons. The summed E-state index contributed by atoms with van der Waals surface area (Å²) in [6.07, 6.45) is 0.597. The second-order valence-corrected chi connectivity index (χ2v) is 12.0. The first-order valence-electron chi connectivity index (χ1n) is 12.5. The first kappa shape index (κ1) is 26.9. The molecule has 2 aromatic rings. The molecule has 1 fully saturated rings. The molecule has 0 unspecified atom stereocenters. The maximum atomic E-state index is 13.6. The van der Waals surface area contributed by atoms with E-state index >= 15 is 0 Å². The zero-order valence-electron chi connectivity index (χ0n) is 22.2. The Bertz CT molecular complexity index is 1200. The van der Waals surface area contributed by atoms with E-state index in [0.29, 0.717) is 30.0 Å². The van der Waals surface area contributed by atoms with Crippen molar-refractivity contribution in [2.24, 2.45) is 5.92 Å². The molecule has 2 N–H and O–H groups in total. The minimum atomic E-state index is -0.724. The Morgan fingerprint density at radius 2 is 1.78 bits per heavy atom. The van der Waals surface area contributed by atoms with Crippen LogP contribution in [-0.4, -0.2) is 60.2 Å². The number of benzene rings is 2. The van der Waals surface area contributed by atoms with Crippen LogP contribution in [0.4, 0.5) is 0 Å². The number of amides is 3. The molecule has 4 rings (SSSR count). The van der Waals surface area contributed by atoms with Crippen LogP contribution in [0.15, 0.2) is 42.5 Å². The number of nitrogens with zero attached hydrogens (tertiary/aromatic N) is 1. The molecule has 198 valence electrons. The highest BCUT2D eigenvalue weighted by Gasteiger charge is 2.57. The third kappa shape index (κ3) is 5.14. The number of ether oxygens (including phenoxy) is 2. The van der Waals surface area contributed by atoms with Gasteiger partial charge in [-0.25, -0.2) is 0 Å². The molecular weight excluding hydrogens is 490 g/mol. The largest absolute Gasteiger partial charge is 0.493 e. The predicted octanol–water partition coefficient (Wildman–Crippen LogP) is 3.55. The molecule has 2 aliphatic rings. The van der Waals surface area contributed by atoms with Gasteiger partial charge in [-0.05, 0) is 55.5 Å². The van der Waals surface area contributed by atoms with E-state index in [0.717, 1.165) is 11.1 Å². The molecule has 37 heavy (non-hydrogen) atoms. The molecule has 0 bridgehead atoms. The second-order valence-electron chi connectivity index (χ2n) is 10.2. The van der Waals surface area contributed by atoms with Gasteiger partial charge in [0.25, 0.3) is 5.91 Å². The Hall–Kier alpha value is -3.20. The van der Waals surface area contributed by atoms with Crippen LogP contribution >= 0.6 is 11.8 Å². The Morgan fingerprint density at radius 1 is 1.08 bits per heavy atom. The summed E-state index contributed by atoms with van der Waals surface area (Å²) in [7, 11) is 3.17. The maximum Gasteiger partial charge on any atom is 0.256 e. The van der Waals surface area contributed by atoms with E-state index in [1.54, 1.807) is 36.9 Å². The molecule has 2 heterocycles. The summed E-state index contributed by atoms with van der Waals surface area (Å²) in [5.41, 5.74) is 2.57. The molecule has 8 nitrogen and oxygen atoms in total. The lowest BCUT2D eigenvalue weighted by Gasteiger charge is -2.32. The monoisotopic (exact) mass is 525 g/mol. The van der Waals surface area contributed by atoms with Gasteiger partial charge in [-0.3, -0.25) is 14.4 Å². The molecule has 2 aliphatic heterocycles. The van der Waals surface area contributed by atoms with Gasteiger partial charge < -0.3 is 25.0 Å². The lowest BCUT2D eigenvalue weighted by Crippen LogP contribution is -2.58. The average Bonchev–Trinajstić information content (AvgIpc) is 3.30. The van der Waals surface area contributed by atoms with Gasteiger partial charge in [0.2, 0.25) is 11.8 Å². The molecule has 3 atom stereocenters. The van der Waals surface area contributed by atoms with Gasteiger partial charge in [0.05, 0.1) is 14.2 Å². The van der Waals surface area contributed by atoms with E-state index in [1.807, 2.05) is 64.1 Å². The minimum absolute atomic E-state index is 0.135. The number of hydrogen-bond donors (Lipinski definition) is 2. The average molecular weight is 526 g/mol. The van der Waals surface area contributed by atoms with E-state index in [-0.39, 0.29) is 29.0 Å². The van der Waals surface area contributed by atoms with Crippen LogP contribution in [0.2, 0.25) is 0 Å². The van der Waals surface area contributed by atoms with Crippen LogP contribution < -0.4 is 20.1 Å². The molecule has 2 aromatic carbocycles. The van der Waals surface area contributed by atoms with Crippen LogP contribution in [0.25, 0.3) is 0 Å². The zero-order valence-corrected chi connectivity index (χ0v) is 23.0. The first-order valence-corrected chi connectivity index (χ1v) is 13.4. The van der Waals surface area contributed by atoms with E-state index in [9.17, 15) is 14.4 Å². The lowest BCUT2D eigenvalue weighted by atomic mass is 9.98. The summed E-state index contributed by atoms with van der Waals surface area (Å²) >= 11 is 1.61. The fourth-order valence-electron chi connectivity index (χ4n) is 5.05. The van der Waals surface area contributed by atoms with Crippen LogP contribution in [0.1, 0.15) is 54.6 Å². The van der Waals surface area contributed by atoms with E-state index in [4.69, 9.17) is 9.47 Å². The van der Waals surface area contributed by atoms with E-state index < -0.39 is 16.8 Å². The Balaban J connectivity index is 1.42. The van der Waals surface area contributed by atoms with Gasteiger partial charge in [0.15, 0.2) is 11.5 Å². The molecule has 0 saturated carbocycles. The molecule has 0 spiro atoms. The van der Waals surface area contributed by atoms with Gasteiger partial charge in [0, 0.05) is 16.9 Å². The Labute approximate surface area is 222 Å². The molecule has 9 heteroatoms. The Kier molecular flexibility index (Phi) is 7.73. The van der Waals surface area contributed by atoms with Crippen molar-refractivity contribution in [2.75, 3.05) is 20.8 Å². The smallest absolute Gasteiger partial charge is 0.256 e. The fraction of sp³-hybridized carbons (Fsp3) is 0.464. The van der Waals surface area contributed by atoms with Crippen molar-refractivity contribution in [1.82, 2.24) is 15.5 Å². The standard InChI is InChI=1S/C28H35N3O5S/c1-16(2)22(24(32)29-14-13-17-11-12-20(35-5)21(15-17)36-6)30-25(33)23-28(3,4)37-27-19-10-8-7-9-18(19)26(34)31(23)27/h7-12,15-16,22-23,27H,13-14H2,1-6H3,(H,29,32)(H,30,33)/t22-,23-,27+/m0/s1. The first-order chi connectivity index (χ1) is 17.6. The quantitative estimate of drug-likeness (QED) is 0.520. The van der Waals surface area contributed by atoms with E-state index in [1.165, 1.54) is 0 Å². The van der Waals surface area contributed by atoms with Crippen LogP contribution in [-0.2, 0) is 16.0 Å². The molecular formula is C28H35N3O5S. The summed E-state index contributed by atoms with van der Waals surface area (Å²) < 4.78 is 10.1. The summed E-state index contributed by atoms with van der Waals surface area (Å²) in [4.78, 5) is 41.7. The van der Waals surface area contributed by atoms with Crippen molar-refractivity contribution in [3.63, 3.8) is 0 Å². The number of methoxy groups -OCH3 is 2. The number of fused-ring (bicyclic) bond motifs is 3. The molecule has 0 aromatic heterocycles. The highest BCUT2D eigenvalue weighted by atomic mass is 32.2. The topological polar surface area (TPSA) is 97.0 Å². The fourth-order valence-corrected chi connectivity index (χ4v) is 6.64. The third-order valence-electron chi connectivity index (χ3n) is 6.95. The van der Waals surface area contributed by atoms with Crippen LogP contribution in [0.5, 0.6) is 11.5 Å². The number of rotatable bonds is 9. The lowest BCUT2D eigenvalue weighted by molar-refractivity contribution is -0.132. The summed E-state index contributed by atoms with van der Waals surface area (Å²) in [5, 5.41) is 5.71. The summed E-state index contributed by atoms with van der Waals surface area (Å²) in [5.74, 6) is 0.443. The highest BCUT2D eigenvalue weighted by molar-refractivity contribution is 8.01. The maximum absolute atomic E-state index is 13.6. The number of nitrogens with one attached hydrogen (secondary N) is 2. The normalized spacial score (nSPS) is 20.3. The molecule has 3 amide bonds. The molecule has 0 aliphatic carbocycles. The SMILES string of the molecule is COc1ccc(CCNC(=O)[C@@H](NC(=O)[C@@H]2N3C(=O)c4ccccc4[C@H]3SC2(C)C)C(C)C)cc1OC. The highest BCUT2D eigenvalue weighted by Crippen LogP contribution is 2.56. The van der Waals surface area contributed by atoms with Crippen molar-refractivity contribution in [3.05, 3.63) is 59.2 Å². The summed E-state index contributed by atoms with van der Waals surface area (Å²) in [6.45, 7) is 8.15. The van der Waals surface area contributed by atoms with Gasteiger partial charge in [-0.1, -0.05) is 38.1 Å². The van der Waals surface area contributed by atoms with Crippen LogP contribution in [0, 0.1) is 5.92 Å². The van der Waals surface area contributed by atoms with E-state index in [2.05, 4.69) is 10.6 Å². The Morgan fingerprint density at radius 3 is 2.46 bits per heavy atom. The predicted molar refractivity (Wildman–Crippen MR) is 144 cm³/mol. The van der Waals surface area contributed by atoms with Gasteiger partial charge in [0.1, 0.15) is 17.5 Å². The van der Waals surface area contributed by atoms with Crippen molar-refractivity contribution in [1.29, 1.82) is 0 Å². The summed E-state index contributed by atoms with van der Waals surface area (Å²) in [6, 6.07) is 11.7. The van der Waals surface area contributed by atoms with Gasteiger partial charge in [-0.15, -0.1) is 11.8 Å².